The van der Waals surface area contributed by atoms with Gasteiger partial charge in [0.15, 0.2) is 16.2 Å². The Labute approximate surface area is 144 Å². The molecule has 0 aliphatic carbocycles. The molecule has 2 saturated heterocycles. The van der Waals surface area contributed by atoms with Gasteiger partial charge in [-0.1, -0.05) is 15.9 Å². The summed E-state index contributed by atoms with van der Waals surface area (Å²) >= 11 is 4.39. The molecule has 0 aromatic carbocycles. The highest BCUT2D eigenvalue weighted by molar-refractivity contribution is 9.10. The summed E-state index contributed by atoms with van der Waals surface area (Å²) in [4.78, 5) is 37.8. The number of Topliss-reactive ketones (excluding diaryl/α,β-unsaturated/α-hetero) is 1. The molecule has 7 nitrogen and oxygen atoms in total. The van der Waals surface area contributed by atoms with E-state index in [9.17, 15) is 24.6 Å². The fourth-order valence-electron chi connectivity index (χ4n) is 3.02. The van der Waals surface area contributed by atoms with Crippen LogP contribution in [0.3, 0.4) is 0 Å². The van der Waals surface area contributed by atoms with Gasteiger partial charge in [-0.3, -0.25) is 9.59 Å². The van der Waals surface area contributed by atoms with E-state index in [4.69, 9.17) is 4.42 Å². The van der Waals surface area contributed by atoms with Crippen LogP contribution in [-0.2, 0) is 14.4 Å². The van der Waals surface area contributed by atoms with Crippen molar-refractivity contribution < 1.29 is 29.0 Å². The molecule has 2 fully saturated rings. The van der Waals surface area contributed by atoms with Crippen molar-refractivity contribution in [2.45, 2.75) is 40.4 Å². The van der Waals surface area contributed by atoms with Gasteiger partial charge >= 0.3 is 5.97 Å². The number of halogens is 1. The molecule has 3 heterocycles. The predicted octanol–water partition coefficient (Wildman–Crippen LogP) is 1.16. The van der Waals surface area contributed by atoms with Crippen molar-refractivity contribution >= 4 is 45.4 Å². The molecule has 23 heavy (non-hydrogen) atoms. The van der Waals surface area contributed by atoms with Crippen molar-refractivity contribution in [3.8, 4) is 0 Å². The highest BCUT2D eigenvalue weighted by Gasteiger charge is 2.74. The zero-order valence-electron chi connectivity index (χ0n) is 12.2. The van der Waals surface area contributed by atoms with E-state index < -0.39 is 44.3 Å². The number of alkyl halides is 1. The second-order valence-corrected chi connectivity index (χ2v) is 9.01. The normalized spacial score (nSPS) is 33.0. The molecule has 2 aliphatic heterocycles. The second-order valence-electron chi connectivity index (χ2n) is 6.02. The number of β-lactam (4-membered cyclic amide) rings is 1. The number of rotatable bonds is 4. The van der Waals surface area contributed by atoms with Crippen molar-refractivity contribution in [3.05, 3.63) is 24.2 Å². The summed E-state index contributed by atoms with van der Waals surface area (Å²) in [5.74, 6) is -2.49. The number of furan rings is 1. The van der Waals surface area contributed by atoms with Crippen LogP contribution < -0.4 is 0 Å². The molecule has 1 amide bonds. The fraction of sp³-hybridized carbons (Fsp3) is 0.500. The summed E-state index contributed by atoms with van der Waals surface area (Å²) in [6.07, 6.45) is -0.279. The van der Waals surface area contributed by atoms with Crippen LogP contribution in [0.15, 0.2) is 22.8 Å². The number of fused-ring (bicyclic) bond motifs is 1. The molecule has 2 N–H and O–H groups in total. The minimum atomic E-state index is -1.65. The molecule has 0 saturated carbocycles. The van der Waals surface area contributed by atoms with E-state index in [0.29, 0.717) is 0 Å². The molecule has 0 bridgehead atoms. The number of hydrogen-bond donors (Lipinski definition) is 2. The average molecular weight is 404 g/mol. The van der Waals surface area contributed by atoms with Crippen LogP contribution in [0.2, 0.25) is 0 Å². The van der Waals surface area contributed by atoms with Gasteiger partial charge in [0.05, 0.1) is 6.26 Å². The first-order valence-corrected chi connectivity index (χ1v) is 8.47. The van der Waals surface area contributed by atoms with E-state index in [0.717, 1.165) is 0 Å². The van der Waals surface area contributed by atoms with Gasteiger partial charge in [0.1, 0.15) is 17.2 Å². The molecule has 4 atom stereocenters. The van der Waals surface area contributed by atoms with E-state index in [-0.39, 0.29) is 5.76 Å². The number of ketones is 1. The molecule has 1 aromatic rings. The summed E-state index contributed by atoms with van der Waals surface area (Å²) in [7, 11) is 0. The van der Waals surface area contributed by atoms with Gasteiger partial charge in [-0.15, -0.1) is 11.8 Å². The molecule has 0 radical (unpaired) electrons. The molecule has 2 unspecified atom stereocenters. The number of amides is 1. The van der Waals surface area contributed by atoms with Crippen molar-refractivity contribution in [1.29, 1.82) is 0 Å². The number of nitrogens with zero attached hydrogens (tertiary/aromatic N) is 1. The van der Waals surface area contributed by atoms with Gasteiger partial charge in [0, 0.05) is 4.75 Å². The number of carboxylic acids is 1. The molecular formula is C14H14BrNO6S. The van der Waals surface area contributed by atoms with Gasteiger partial charge in [0.2, 0.25) is 0 Å². The Morgan fingerprint density at radius 2 is 2.13 bits per heavy atom. The Morgan fingerprint density at radius 1 is 1.48 bits per heavy atom. The summed E-state index contributed by atoms with van der Waals surface area (Å²) in [6, 6.07) is 1.94. The largest absolute Gasteiger partial charge is 0.480 e. The monoisotopic (exact) mass is 403 g/mol. The van der Waals surface area contributed by atoms with E-state index in [1.165, 1.54) is 35.1 Å². The number of carbonyl (C=O) groups is 3. The van der Waals surface area contributed by atoms with Crippen LogP contribution in [0.1, 0.15) is 25.7 Å². The van der Waals surface area contributed by atoms with Crippen LogP contribution in [0.4, 0.5) is 0 Å². The van der Waals surface area contributed by atoms with Gasteiger partial charge in [-0.25, -0.2) is 4.79 Å². The number of carbonyl (C=O) groups excluding carboxylic acids is 2. The first-order valence-electron chi connectivity index (χ1n) is 6.80. The Hall–Kier alpha value is -1.32. The van der Waals surface area contributed by atoms with Crippen molar-refractivity contribution in [2.75, 3.05) is 0 Å². The third kappa shape index (κ3) is 2.10. The average Bonchev–Trinajstić information content (AvgIpc) is 3.09. The Bertz CT molecular complexity index is 689. The van der Waals surface area contributed by atoms with Crippen molar-refractivity contribution in [3.63, 3.8) is 0 Å². The molecule has 2 aliphatic rings. The number of thioether (sulfide) groups is 1. The lowest BCUT2D eigenvalue weighted by Gasteiger charge is -2.48. The highest BCUT2D eigenvalue weighted by atomic mass is 79.9. The lowest BCUT2D eigenvalue weighted by Crippen LogP contribution is -2.74. The lowest BCUT2D eigenvalue weighted by atomic mass is 9.86. The molecule has 3 rings (SSSR count). The van der Waals surface area contributed by atoms with E-state index in [1.807, 2.05) is 0 Å². The minimum Gasteiger partial charge on any atom is -0.480 e. The van der Waals surface area contributed by atoms with E-state index in [2.05, 4.69) is 15.9 Å². The molecule has 0 spiro atoms. The fourth-order valence-corrected chi connectivity index (χ4v) is 5.57. The van der Waals surface area contributed by atoms with Crippen molar-refractivity contribution in [2.24, 2.45) is 0 Å². The van der Waals surface area contributed by atoms with Crippen LogP contribution in [0.5, 0.6) is 0 Å². The third-order valence-corrected chi connectivity index (χ3v) is 7.25. The molecule has 124 valence electrons. The third-order valence-electron chi connectivity index (χ3n) is 4.14. The highest BCUT2D eigenvalue weighted by Crippen LogP contribution is 2.58. The summed E-state index contributed by atoms with van der Waals surface area (Å²) in [5, 5.41) is 18.8. The Kier molecular flexibility index (Phi) is 3.66. The van der Waals surface area contributed by atoms with E-state index >= 15 is 0 Å². The van der Waals surface area contributed by atoms with Gasteiger partial charge in [-0.2, -0.15) is 0 Å². The number of aliphatic hydroxyl groups is 1. The summed E-state index contributed by atoms with van der Waals surface area (Å²) < 4.78 is 2.61. The van der Waals surface area contributed by atoms with Gasteiger partial charge in [-0.05, 0) is 26.0 Å². The quantitative estimate of drug-likeness (QED) is 0.441. The van der Waals surface area contributed by atoms with Crippen LogP contribution in [0, 0.1) is 0 Å². The zero-order valence-corrected chi connectivity index (χ0v) is 14.6. The number of aliphatic hydroxyl groups excluding tert-OH is 1. The lowest BCUT2D eigenvalue weighted by molar-refractivity contribution is -0.165. The van der Waals surface area contributed by atoms with Crippen LogP contribution in [-0.4, -0.2) is 53.3 Å². The molecule has 9 heteroatoms. The maximum Gasteiger partial charge on any atom is 0.327 e. The summed E-state index contributed by atoms with van der Waals surface area (Å²) in [6.45, 7) is 3.42. The number of hydrogen-bond acceptors (Lipinski definition) is 6. The number of carboxylic acid groups (broad SMARTS) is 1. The first kappa shape index (κ1) is 16.5. The standard InChI is InChI=1S/C14H14BrNO6S/c1-13(2)8(10(19)20)16-11(21)14(15,12(16)23-13)9(18)7(17)6-4-3-5-22-6/h3-5,7-8,12,17H,1-2H3,(H,19,20)/t7?,8-,12+,14?/m0/s1. The maximum absolute atomic E-state index is 12.6. The van der Waals surface area contributed by atoms with Gasteiger partial charge < -0.3 is 19.5 Å². The topological polar surface area (TPSA) is 108 Å². The first-order chi connectivity index (χ1) is 10.6. The summed E-state index contributed by atoms with van der Waals surface area (Å²) in [5.41, 5.74) is 0. The Morgan fingerprint density at radius 3 is 2.65 bits per heavy atom. The number of aliphatic carboxylic acids is 1. The van der Waals surface area contributed by atoms with Crippen molar-refractivity contribution in [1.82, 2.24) is 4.90 Å². The zero-order chi connectivity index (χ0) is 17.2. The van der Waals surface area contributed by atoms with Gasteiger partial charge in [0.25, 0.3) is 5.91 Å². The SMILES string of the molecule is CC1(C)S[C@H]2N(C(=O)C2(Br)C(=O)C(O)c2ccco2)[C@H]1C(=O)O. The van der Waals surface area contributed by atoms with Crippen LogP contribution in [0.25, 0.3) is 0 Å². The second kappa shape index (κ2) is 5.09. The minimum absolute atomic E-state index is 0.0390. The van der Waals surface area contributed by atoms with Crippen LogP contribution >= 0.6 is 27.7 Å². The van der Waals surface area contributed by atoms with E-state index in [1.54, 1.807) is 13.8 Å². The molecule has 1 aromatic heterocycles. The smallest absolute Gasteiger partial charge is 0.327 e. The maximum atomic E-state index is 12.6. The predicted molar refractivity (Wildman–Crippen MR) is 84.1 cm³/mol. The Balaban J connectivity index is 1.92. The molecular weight excluding hydrogens is 390 g/mol.